The van der Waals surface area contributed by atoms with Crippen molar-refractivity contribution in [2.75, 3.05) is 0 Å². The molecule has 3 heteroatoms. The standard InChI is InChI=1S/C13H16N2O/c1-2-6-11-12(15-13(16)14-11)9-10-7-4-3-5-8-10/h3-5,7-8H,2,6,9H2,1H3,(H2,14,15,16). The van der Waals surface area contributed by atoms with Crippen LogP contribution in [0.3, 0.4) is 0 Å². The Morgan fingerprint density at radius 1 is 1.06 bits per heavy atom. The highest BCUT2D eigenvalue weighted by Gasteiger charge is 2.06. The molecule has 0 unspecified atom stereocenters. The van der Waals surface area contributed by atoms with Crippen LogP contribution < -0.4 is 5.69 Å². The number of hydrogen-bond donors (Lipinski definition) is 2. The Bertz CT molecular complexity index is 496. The molecule has 1 aromatic carbocycles. The number of hydrogen-bond acceptors (Lipinski definition) is 1. The van der Waals surface area contributed by atoms with Gasteiger partial charge in [0.2, 0.25) is 0 Å². The molecule has 16 heavy (non-hydrogen) atoms. The molecule has 0 amide bonds. The Labute approximate surface area is 94.5 Å². The first kappa shape index (κ1) is 10.7. The van der Waals surface area contributed by atoms with E-state index in [2.05, 4.69) is 29.0 Å². The van der Waals surface area contributed by atoms with E-state index in [1.165, 1.54) is 5.56 Å². The van der Waals surface area contributed by atoms with Crippen LogP contribution >= 0.6 is 0 Å². The van der Waals surface area contributed by atoms with Gasteiger partial charge in [0.15, 0.2) is 0 Å². The highest BCUT2D eigenvalue weighted by Crippen LogP contribution is 2.10. The van der Waals surface area contributed by atoms with E-state index in [9.17, 15) is 4.79 Å². The van der Waals surface area contributed by atoms with Crippen molar-refractivity contribution in [3.8, 4) is 0 Å². The number of rotatable bonds is 4. The van der Waals surface area contributed by atoms with Crippen molar-refractivity contribution in [3.63, 3.8) is 0 Å². The van der Waals surface area contributed by atoms with Crippen LogP contribution in [-0.2, 0) is 12.8 Å². The van der Waals surface area contributed by atoms with Gasteiger partial charge in [0.25, 0.3) is 0 Å². The molecule has 0 aliphatic carbocycles. The largest absolute Gasteiger partial charge is 0.323 e. The predicted octanol–water partition coefficient (Wildman–Crippen LogP) is 2.25. The van der Waals surface area contributed by atoms with E-state index in [0.717, 1.165) is 30.7 Å². The Morgan fingerprint density at radius 3 is 2.44 bits per heavy atom. The second kappa shape index (κ2) is 4.84. The van der Waals surface area contributed by atoms with Gasteiger partial charge in [-0.25, -0.2) is 4.79 Å². The molecule has 0 bridgehead atoms. The Hall–Kier alpha value is -1.77. The van der Waals surface area contributed by atoms with Crippen molar-refractivity contribution in [3.05, 3.63) is 57.8 Å². The van der Waals surface area contributed by atoms with Gasteiger partial charge < -0.3 is 9.97 Å². The third kappa shape index (κ3) is 2.42. The third-order valence-corrected chi connectivity index (χ3v) is 2.62. The molecule has 0 radical (unpaired) electrons. The van der Waals surface area contributed by atoms with Gasteiger partial charge in [-0.2, -0.15) is 0 Å². The molecule has 0 saturated heterocycles. The number of aryl methyl sites for hydroxylation is 1. The van der Waals surface area contributed by atoms with Gasteiger partial charge in [-0.15, -0.1) is 0 Å². The van der Waals surface area contributed by atoms with Crippen molar-refractivity contribution in [2.24, 2.45) is 0 Å². The Balaban J connectivity index is 2.24. The first-order valence-corrected chi connectivity index (χ1v) is 5.63. The van der Waals surface area contributed by atoms with Crippen LogP contribution in [0.1, 0.15) is 30.3 Å². The van der Waals surface area contributed by atoms with Gasteiger partial charge in [-0.3, -0.25) is 0 Å². The third-order valence-electron chi connectivity index (χ3n) is 2.62. The normalized spacial score (nSPS) is 10.6. The second-order valence-corrected chi connectivity index (χ2v) is 3.95. The maximum atomic E-state index is 11.3. The highest BCUT2D eigenvalue weighted by atomic mass is 16.1. The van der Waals surface area contributed by atoms with E-state index in [0.29, 0.717) is 0 Å². The van der Waals surface area contributed by atoms with Crippen molar-refractivity contribution in [2.45, 2.75) is 26.2 Å². The first-order chi connectivity index (χ1) is 7.79. The minimum Gasteiger partial charge on any atom is -0.310 e. The zero-order valence-corrected chi connectivity index (χ0v) is 9.42. The van der Waals surface area contributed by atoms with Crippen molar-refractivity contribution in [1.29, 1.82) is 0 Å². The lowest BCUT2D eigenvalue weighted by atomic mass is 10.1. The Morgan fingerprint density at radius 2 is 1.75 bits per heavy atom. The summed E-state index contributed by atoms with van der Waals surface area (Å²) in [6.07, 6.45) is 2.74. The highest BCUT2D eigenvalue weighted by molar-refractivity contribution is 5.24. The van der Waals surface area contributed by atoms with Crippen molar-refractivity contribution < 1.29 is 0 Å². The van der Waals surface area contributed by atoms with E-state index >= 15 is 0 Å². The zero-order valence-electron chi connectivity index (χ0n) is 9.42. The molecule has 0 aliphatic rings. The lowest BCUT2D eigenvalue weighted by Crippen LogP contribution is -2.01. The maximum absolute atomic E-state index is 11.3. The van der Waals surface area contributed by atoms with Crippen LogP contribution in [0.15, 0.2) is 35.1 Å². The smallest absolute Gasteiger partial charge is 0.310 e. The monoisotopic (exact) mass is 216 g/mol. The van der Waals surface area contributed by atoms with Crippen LogP contribution in [0.4, 0.5) is 0 Å². The van der Waals surface area contributed by atoms with Gasteiger partial charge in [0, 0.05) is 17.8 Å². The minimum absolute atomic E-state index is 0.102. The van der Waals surface area contributed by atoms with Gasteiger partial charge >= 0.3 is 5.69 Å². The average Bonchev–Trinajstić information content (AvgIpc) is 2.61. The fourth-order valence-electron chi connectivity index (χ4n) is 1.87. The summed E-state index contributed by atoms with van der Waals surface area (Å²) in [7, 11) is 0. The number of benzene rings is 1. The fourth-order valence-corrected chi connectivity index (χ4v) is 1.87. The van der Waals surface area contributed by atoms with Gasteiger partial charge in [-0.1, -0.05) is 43.7 Å². The quantitative estimate of drug-likeness (QED) is 0.809. The predicted molar refractivity (Wildman–Crippen MR) is 64.7 cm³/mol. The molecular weight excluding hydrogens is 200 g/mol. The minimum atomic E-state index is -0.102. The summed E-state index contributed by atoms with van der Waals surface area (Å²) in [4.78, 5) is 17.0. The van der Waals surface area contributed by atoms with Crippen molar-refractivity contribution >= 4 is 0 Å². The number of aromatic amines is 2. The van der Waals surface area contributed by atoms with Crippen LogP contribution in [0.25, 0.3) is 0 Å². The molecular formula is C13H16N2O. The zero-order chi connectivity index (χ0) is 11.4. The molecule has 0 saturated carbocycles. The maximum Gasteiger partial charge on any atom is 0.323 e. The van der Waals surface area contributed by atoms with Crippen molar-refractivity contribution in [1.82, 2.24) is 9.97 Å². The van der Waals surface area contributed by atoms with E-state index in [1.807, 2.05) is 18.2 Å². The summed E-state index contributed by atoms with van der Waals surface area (Å²) < 4.78 is 0. The van der Waals surface area contributed by atoms with Gasteiger partial charge in [-0.05, 0) is 12.0 Å². The van der Waals surface area contributed by atoms with E-state index in [4.69, 9.17) is 0 Å². The number of imidazole rings is 1. The summed E-state index contributed by atoms with van der Waals surface area (Å²) in [5, 5.41) is 0. The average molecular weight is 216 g/mol. The molecule has 1 heterocycles. The van der Waals surface area contributed by atoms with Crippen LogP contribution in [-0.4, -0.2) is 9.97 Å². The summed E-state index contributed by atoms with van der Waals surface area (Å²) in [6.45, 7) is 2.11. The SMILES string of the molecule is CCCc1[nH]c(=O)[nH]c1Cc1ccccc1. The molecule has 3 nitrogen and oxygen atoms in total. The number of aromatic nitrogens is 2. The molecule has 2 aromatic rings. The molecule has 0 aliphatic heterocycles. The van der Waals surface area contributed by atoms with Gasteiger partial charge in [0.05, 0.1) is 0 Å². The van der Waals surface area contributed by atoms with E-state index in [-0.39, 0.29) is 5.69 Å². The lowest BCUT2D eigenvalue weighted by molar-refractivity contribution is 0.871. The molecule has 0 fully saturated rings. The molecule has 2 N–H and O–H groups in total. The van der Waals surface area contributed by atoms with Crippen LogP contribution in [0, 0.1) is 0 Å². The first-order valence-electron chi connectivity index (χ1n) is 5.63. The van der Waals surface area contributed by atoms with E-state index < -0.39 is 0 Å². The lowest BCUT2D eigenvalue weighted by Gasteiger charge is -2.02. The summed E-state index contributed by atoms with van der Waals surface area (Å²) >= 11 is 0. The summed E-state index contributed by atoms with van der Waals surface area (Å²) in [5.74, 6) is 0. The summed E-state index contributed by atoms with van der Waals surface area (Å²) in [6, 6.07) is 10.2. The number of H-pyrrole nitrogens is 2. The molecule has 2 rings (SSSR count). The molecule has 0 spiro atoms. The van der Waals surface area contributed by atoms with E-state index in [1.54, 1.807) is 0 Å². The number of nitrogens with one attached hydrogen (secondary N) is 2. The Kier molecular flexibility index (Phi) is 3.25. The summed E-state index contributed by atoms with van der Waals surface area (Å²) in [5.41, 5.74) is 3.17. The second-order valence-electron chi connectivity index (χ2n) is 3.95. The van der Waals surface area contributed by atoms with Crippen LogP contribution in [0.5, 0.6) is 0 Å². The molecule has 1 aromatic heterocycles. The molecule has 84 valence electrons. The van der Waals surface area contributed by atoms with Gasteiger partial charge in [0.1, 0.15) is 0 Å². The fraction of sp³-hybridized carbons (Fsp3) is 0.308. The molecule has 0 atom stereocenters. The van der Waals surface area contributed by atoms with Crippen LogP contribution in [0.2, 0.25) is 0 Å². The topological polar surface area (TPSA) is 48.6 Å².